The molecule has 1 aromatic rings. The number of aromatic nitrogens is 1. The summed E-state index contributed by atoms with van der Waals surface area (Å²) in [5, 5.41) is 8.78. The van der Waals surface area contributed by atoms with Gasteiger partial charge in [-0.3, -0.25) is 0 Å². The Balaban J connectivity index is 2.15. The first kappa shape index (κ1) is 10.1. The lowest BCUT2D eigenvalue weighted by atomic mass is 10.0. The van der Waals surface area contributed by atoms with Crippen molar-refractivity contribution in [1.29, 1.82) is 0 Å². The molecular weight excluding hydrogens is 198 g/mol. The Bertz CT molecular complexity index is 305. The van der Waals surface area contributed by atoms with Crippen molar-refractivity contribution >= 4 is 11.8 Å². The first-order chi connectivity index (χ1) is 6.81. The van der Waals surface area contributed by atoms with E-state index >= 15 is 0 Å². The van der Waals surface area contributed by atoms with Crippen LogP contribution in [0.5, 0.6) is 0 Å². The second kappa shape index (κ2) is 4.36. The van der Waals surface area contributed by atoms with E-state index in [9.17, 15) is 0 Å². The number of nitrogens with zero attached hydrogens (tertiary/aromatic N) is 1. The Hall–Kier alpha value is -0.480. The van der Waals surface area contributed by atoms with Gasteiger partial charge in [-0.25, -0.2) is 4.98 Å². The van der Waals surface area contributed by atoms with Crippen LogP contribution in [0.15, 0.2) is 4.42 Å². The second-order valence-corrected chi connectivity index (χ2v) is 4.73. The van der Waals surface area contributed by atoms with Crippen LogP contribution < -0.4 is 0 Å². The van der Waals surface area contributed by atoms with Gasteiger partial charge in [0.05, 0.1) is 12.3 Å². The van der Waals surface area contributed by atoms with Crippen LogP contribution in [-0.4, -0.2) is 28.2 Å². The zero-order chi connectivity index (χ0) is 9.97. The zero-order valence-electron chi connectivity index (χ0n) is 8.32. The van der Waals surface area contributed by atoms with Crippen LogP contribution in [-0.2, 0) is 6.42 Å². The first-order valence-electron chi connectivity index (χ1n) is 4.96. The maximum absolute atomic E-state index is 8.78. The number of oxazole rings is 1. The molecule has 1 aromatic heterocycles. The van der Waals surface area contributed by atoms with Crippen LogP contribution in [0.2, 0.25) is 0 Å². The number of aliphatic hydroxyl groups excluding tert-OH is 1. The lowest BCUT2D eigenvalue weighted by Gasteiger charge is -2.02. The molecule has 1 atom stereocenters. The summed E-state index contributed by atoms with van der Waals surface area (Å²) in [4.78, 5) is 4.44. The monoisotopic (exact) mass is 213 g/mol. The van der Waals surface area contributed by atoms with Crippen molar-refractivity contribution in [3.05, 3.63) is 17.3 Å². The second-order valence-electron chi connectivity index (χ2n) is 3.58. The van der Waals surface area contributed by atoms with E-state index in [1.54, 1.807) is 0 Å². The Morgan fingerprint density at radius 2 is 2.50 bits per heavy atom. The van der Waals surface area contributed by atoms with Crippen LogP contribution in [0, 0.1) is 6.92 Å². The van der Waals surface area contributed by atoms with Gasteiger partial charge in [0.15, 0.2) is 5.89 Å². The molecule has 14 heavy (non-hydrogen) atoms. The van der Waals surface area contributed by atoms with E-state index in [1.807, 2.05) is 18.7 Å². The third-order valence-corrected chi connectivity index (χ3v) is 3.68. The van der Waals surface area contributed by atoms with Crippen molar-refractivity contribution in [3.63, 3.8) is 0 Å². The molecule has 2 heterocycles. The number of thioether (sulfide) groups is 1. The van der Waals surface area contributed by atoms with E-state index in [-0.39, 0.29) is 6.61 Å². The van der Waals surface area contributed by atoms with Crippen LogP contribution in [0.1, 0.15) is 29.7 Å². The smallest absolute Gasteiger partial charge is 0.196 e. The van der Waals surface area contributed by atoms with Gasteiger partial charge in [-0.1, -0.05) is 0 Å². The van der Waals surface area contributed by atoms with Crippen molar-refractivity contribution in [2.24, 2.45) is 0 Å². The molecule has 0 radical (unpaired) electrons. The van der Waals surface area contributed by atoms with Gasteiger partial charge in [0, 0.05) is 18.1 Å². The van der Waals surface area contributed by atoms with Gasteiger partial charge in [0.1, 0.15) is 5.76 Å². The van der Waals surface area contributed by atoms with Crippen LogP contribution >= 0.6 is 11.8 Å². The summed E-state index contributed by atoms with van der Waals surface area (Å²) >= 11 is 1.98. The van der Waals surface area contributed by atoms with Crippen molar-refractivity contribution in [3.8, 4) is 0 Å². The van der Waals surface area contributed by atoms with Crippen LogP contribution in [0.4, 0.5) is 0 Å². The summed E-state index contributed by atoms with van der Waals surface area (Å²) in [5.41, 5.74) is 1.11. The van der Waals surface area contributed by atoms with Crippen LogP contribution in [0.3, 0.4) is 0 Å². The summed E-state index contributed by atoms with van der Waals surface area (Å²) in [6, 6.07) is 0. The highest BCUT2D eigenvalue weighted by molar-refractivity contribution is 7.99. The summed E-state index contributed by atoms with van der Waals surface area (Å²) in [5.74, 6) is 4.56. The summed E-state index contributed by atoms with van der Waals surface area (Å²) in [6.45, 7) is 2.07. The Morgan fingerprint density at radius 3 is 3.14 bits per heavy atom. The fraction of sp³-hybridized carbons (Fsp3) is 0.700. The molecule has 0 aromatic carbocycles. The Labute approximate surface area is 87.9 Å². The van der Waals surface area contributed by atoms with Crippen molar-refractivity contribution in [2.75, 3.05) is 18.1 Å². The number of hydrogen-bond acceptors (Lipinski definition) is 4. The normalized spacial score (nSPS) is 21.7. The molecule has 1 unspecified atom stereocenters. The van der Waals surface area contributed by atoms with Crippen molar-refractivity contribution < 1.29 is 9.52 Å². The topological polar surface area (TPSA) is 46.3 Å². The van der Waals surface area contributed by atoms with Gasteiger partial charge in [-0.2, -0.15) is 11.8 Å². The minimum Gasteiger partial charge on any atom is -0.446 e. The molecule has 1 aliphatic heterocycles. The molecule has 1 aliphatic rings. The van der Waals surface area contributed by atoms with E-state index in [0.717, 1.165) is 17.2 Å². The minimum atomic E-state index is 0.110. The first-order valence-corrected chi connectivity index (χ1v) is 6.11. The standard InChI is InChI=1S/C10H15NO2S/c1-7-10(8-3-5-14-6-8)11-9(13-7)2-4-12/h8,12H,2-6H2,1H3. The lowest BCUT2D eigenvalue weighted by molar-refractivity contribution is 0.284. The molecule has 78 valence electrons. The summed E-state index contributed by atoms with van der Waals surface area (Å²) in [7, 11) is 0. The molecule has 0 saturated carbocycles. The summed E-state index contributed by atoms with van der Waals surface area (Å²) in [6.07, 6.45) is 1.73. The molecule has 1 fully saturated rings. The Morgan fingerprint density at radius 1 is 1.64 bits per heavy atom. The molecule has 0 aliphatic carbocycles. The van der Waals surface area contributed by atoms with E-state index in [0.29, 0.717) is 18.2 Å². The van der Waals surface area contributed by atoms with Gasteiger partial charge >= 0.3 is 0 Å². The number of hydrogen-bond donors (Lipinski definition) is 1. The summed E-state index contributed by atoms with van der Waals surface area (Å²) < 4.78 is 5.49. The average Bonchev–Trinajstić information content (AvgIpc) is 2.74. The fourth-order valence-corrected chi connectivity index (χ4v) is 3.02. The molecule has 0 amide bonds. The van der Waals surface area contributed by atoms with E-state index in [4.69, 9.17) is 9.52 Å². The fourth-order valence-electron chi connectivity index (χ4n) is 1.80. The number of aliphatic hydroxyl groups is 1. The molecule has 3 nitrogen and oxygen atoms in total. The molecule has 1 N–H and O–H groups in total. The van der Waals surface area contributed by atoms with E-state index in [1.165, 1.54) is 12.2 Å². The zero-order valence-corrected chi connectivity index (χ0v) is 9.14. The molecule has 1 saturated heterocycles. The van der Waals surface area contributed by atoms with Gasteiger partial charge < -0.3 is 9.52 Å². The van der Waals surface area contributed by atoms with Crippen molar-refractivity contribution in [1.82, 2.24) is 4.98 Å². The van der Waals surface area contributed by atoms with Gasteiger partial charge in [0.25, 0.3) is 0 Å². The average molecular weight is 213 g/mol. The van der Waals surface area contributed by atoms with E-state index in [2.05, 4.69) is 4.98 Å². The predicted molar refractivity (Wildman–Crippen MR) is 56.7 cm³/mol. The highest BCUT2D eigenvalue weighted by Crippen LogP contribution is 2.33. The predicted octanol–water partition coefficient (Wildman–Crippen LogP) is 1.74. The molecule has 2 rings (SSSR count). The minimum absolute atomic E-state index is 0.110. The maximum atomic E-state index is 8.78. The largest absolute Gasteiger partial charge is 0.446 e. The third kappa shape index (κ3) is 1.96. The van der Waals surface area contributed by atoms with Gasteiger partial charge in [0.2, 0.25) is 0 Å². The maximum Gasteiger partial charge on any atom is 0.196 e. The number of rotatable bonds is 3. The van der Waals surface area contributed by atoms with E-state index < -0.39 is 0 Å². The number of aryl methyl sites for hydroxylation is 1. The SMILES string of the molecule is Cc1oc(CCO)nc1C1CCSC1. The molecular formula is C10H15NO2S. The van der Waals surface area contributed by atoms with Gasteiger partial charge in [-0.05, 0) is 19.1 Å². The quantitative estimate of drug-likeness (QED) is 0.830. The van der Waals surface area contributed by atoms with Crippen LogP contribution in [0.25, 0.3) is 0 Å². The highest BCUT2D eigenvalue weighted by atomic mass is 32.2. The van der Waals surface area contributed by atoms with Crippen molar-refractivity contribution in [2.45, 2.75) is 25.7 Å². The Kier molecular flexibility index (Phi) is 3.13. The third-order valence-electron chi connectivity index (χ3n) is 2.52. The highest BCUT2D eigenvalue weighted by Gasteiger charge is 2.23. The molecule has 0 bridgehead atoms. The molecule has 0 spiro atoms. The van der Waals surface area contributed by atoms with Gasteiger partial charge in [-0.15, -0.1) is 0 Å². The lowest BCUT2D eigenvalue weighted by Crippen LogP contribution is -1.99. The molecule has 4 heteroatoms.